The monoisotopic (exact) mass is 207 g/mol. The molecular weight excluding hydrogens is 194 g/mol. The second-order valence-corrected chi connectivity index (χ2v) is 3.57. The lowest BCUT2D eigenvalue weighted by Crippen LogP contribution is -2.31. The number of amides is 1. The van der Waals surface area contributed by atoms with E-state index in [-0.39, 0.29) is 11.9 Å². The van der Waals surface area contributed by atoms with Crippen LogP contribution in [0.5, 0.6) is 0 Å². The highest BCUT2D eigenvalue weighted by atomic mass is 16.2. The summed E-state index contributed by atoms with van der Waals surface area (Å²) in [6.45, 7) is 0.765. The van der Waals surface area contributed by atoms with E-state index in [0.29, 0.717) is 11.5 Å². The summed E-state index contributed by atoms with van der Waals surface area (Å²) in [4.78, 5) is 21.1. The first kappa shape index (κ1) is 9.70. The van der Waals surface area contributed by atoms with E-state index in [4.69, 9.17) is 5.73 Å². The second-order valence-electron chi connectivity index (χ2n) is 3.57. The van der Waals surface area contributed by atoms with Crippen molar-refractivity contribution in [2.75, 3.05) is 24.6 Å². The molecule has 1 aromatic heterocycles. The first-order valence-electron chi connectivity index (χ1n) is 4.75. The van der Waals surface area contributed by atoms with Gasteiger partial charge in [-0.3, -0.25) is 4.79 Å². The van der Waals surface area contributed by atoms with Crippen LogP contribution in [0.25, 0.3) is 0 Å². The number of likely N-dealkylation sites (tertiary alicyclic amines) is 1. The van der Waals surface area contributed by atoms with Crippen molar-refractivity contribution in [3.8, 4) is 0 Å². The molecule has 1 atom stereocenters. The number of hydrogen-bond acceptors (Lipinski definition) is 5. The summed E-state index contributed by atoms with van der Waals surface area (Å²) in [6.07, 6.45) is 3.69. The van der Waals surface area contributed by atoms with E-state index < -0.39 is 0 Å². The fraction of sp³-hybridized carbons (Fsp3) is 0.444. The van der Waals surface area contributed by atoms with Crippen LogP contribution < -0.4 is 11.1 Å². The molecule has 1 unspecified atom stereocenters. The molecule has 0 saturated carbocycles. The molecule has 0 radical (unpaired) electrons. The summed E-state index contributed by atoms with van der Waals surface area (Å²) >= 11 is 0. The van der Waals surface area contributed by atoms with Crippen LogP contribution in [0.1, 0.15) is 6.42 Å². The number of nitrogens with one attached hydrogen (secondary N) is 1. The standard InChI is InChI=1S/C9H13N5O/c1-14-3-2-7(9(14)15)13-8-6(10)4-11-5-12-8/h4-5,7H,2-3,10H2,1H3,(H,11,12,13). The van der Waals surface area contributed by atoms with Crippen LogP contribution >= 0.6 is 0 Å². The Morgan fingerprint density at radius 3 is 3.07 bits per heavy atom. The van der Waals surface area contributed by atoms with Gasteiger partial charge in [-0.1, -0.05) is 0 Å². The third-order valence-electron chi connectivity index (χ3n) is 2.48. The lowest BCUT2D eigenvalue weighted by molar-refractivity contribution is -0.127. The topological polar surface area (TPSA) is 84.1 Å². The van der Waals surface area contributed by atoms with Gasteiger partial charge in [0.05, 0.1) is 11.9 Å². The summed E-state index contributed by atoms with van der Waals surface area (Å²) in [7, 11) is 1.79. The number of carbonyl (C=O) groups excluding carboxylic acids is 1. The lowest BCUT2D eigenvalue weighted by atomic mass is 10.2. The predicted octanol–water partition coefficient (Wildman–Crippen LogP) is -0.299. The van der Waals surface area contributed by atoms with Gasteiger partial charge in [-0.2, -0.15) is 0 Å². The van der Waals surface area contributed by atoms with Gasteiger partial charge in [0.25, 0.3) is 0 Å². The molecule has 80 valence electrons. The van der Waals surface area contributed by atoms with Gasteiger partial charge in [-0.05, 0) is 6.42 Å². The van der Waals surface area contributed by atoms with Crippen LogP contribution in [0.2, 0.25) is 0 Å². The molecule has 2 heterocycles. The molecule has 3 N–H and O–H groups in total. The van der Waals surface area contributed by atoms with Crippen molar-refractivity contribution in [3.63, 3.8) is 0 Å². The zero-order chi connectivity index (χ0) is 10.8. The summed E-state index contributed by atoms with van der Waals surface area (Å²) in [6, 6.07) is -0.216. The van der Waals surface area contributed by atoms with Crippen molar-refractivity contribution in [2.24, 2.45) is 0 Å². The van der Waals surface area contributed by atoms with Crippen LogP contribution in [0.3, 0.4) is 0 Å². The number of anilines is 2. The van der Waals surface area contributed by atoms with E-state index >= 15 is 0 Å². The molecule has 2 rings (SSSR count). The summed E-state index contributed by atoms with van der Waals surface area (Å²) in [5.74, 6) is 0.603. The zero-order valence-corrected chi connectivity index (χ0v) is 8.47. The Labute approximate surface area is 87.5 Å². The number of aromatic nitrogens is 2. The van der Waals surface area contributed by atoms with E-state index in [9.17, 15) is 4.79 Å². The smallest absolute Gasteiger partial charge is 0.244 e. The van der Waals surface area contributed by atoms with Gasteiger partial charge in [-0.25, -0.2) is 9.97 Å². The quantitative estimate of drug-likeness (QED) is 0.695. The van der Waals surface area contributed by atoms with Crippen molar-refractivity contribution in [3.05, 3.63) is 12.5 Å². The highest BCUT2D eigenvalue weighted by Crippen LogP contribution is 2.17. The Bertz CT molecular complexity index is 381. The first-order valence-corrected chi connectivity index (χ1v) is 4.75. The molecule has 6 heteroatoms. The molecule has 6 nitrogen and oxygen atoms in total. The Hall–Kier alpha value is -1.85. The first-order chi connectivity index (χ1) is 7.18. The highest BCUT2D eigenvalue weighted by Gasteiger charge is 2.29. The summed E-state index contributed by atoms with van der Waals surface area (Å²) in [5, 5.41) is 3.02. The summed E-state index contributed by atoms with van der Waals surface area (Å²) in [5.41, 5.74) is 6.12. The average molecular weight is 207 g/mol. The maximum Gasteiger partial charge on any atom is 0.244 e. The number of hydrogen-bond donors (Lipinski definition) is 2. The molecule has 1 fully saturated rings. The number of nitrogen functional groups attached to an aromatic ring is 1. The van der Waals surface area contributed by atoms with Crippen molar-refractivity contribution < 1.29 is 4.79 Å². The number of rotatable bonds is 2. The number of carbonyl (C=O) groups is 1. The van der Waals surface area contributed by atoms with Crippen LogP contribution in [-0.2, 0) is 4.79 Å². The Kier molecular flexibility index (Phi) is 2.40. The van der Waals surface area contributed by atoms with Crippen molar-refractivity contribution >= 4 is 17.4 Å². The van der Waals surface area contributed by atoms with Crippen LogP contribution in [0.15, 0.2) is 12.5 Å². The van der Waals surface area contributed by atoms with E-state index in [1.807, 2.05) is 0 Å². The fourth-order valence-electron chi connectivity index (χ4n) is 1.58. The second kappa shape index (κ2) is 3.72. The van der Waals surface area contributed by atoms with Gasteiger partial charge < -0.3 is 16.0 Å². The third-order valence-corrected chi connectivity index (χ3v) is 2.48. The maximum absolute atomic E-state index is 11.6. The van der Waals surface area contributed by atoms with Gasteiger partial charge in [-0.15, -0.1) is 0 Å². The largest absolute Gasteiger partial charge is 0.394 e. The maximum atomic E-state index is 11.6. The molecule has 1 aliphatic heterocycles. The Balaban J connectivity index is 2.10. The molecule has 1 aliphatic rings. The van der Waals surface area contributed by atoms with Crippen LogP contribution in [0.4, 0.5) is 11.5 Å². The van der Waals surface area contributed by atoms with Gasteiger partial charge in [0.15, 0.2) is 5.82 Å². The molecule has 1 amide bonds. The Morgan fingerprint density at radius 1 is 1.67 bits per heavy atom. The zero-order valence-electron chi connectivity index (χ0n) is 8.47. The fourth-order valence-corrected chi connectivity index (χ4v) is 1.58. The van der Waals surface area contributed by atoms with E-state index in [2.05, 4.69) is 15.3 Å². The minimum absolute atomic E-state index is 0.0769. The molecule has 0 aliphatic carbocycles. The van der Waals surface area contributed by atoms with E-state index in [0.717, 1.165) is 13.0 Å². The van der Waals surface area contributed by atoms with Crippen LogP contribution in [0, 0.1) is 0 Å². The van der Waals surface area contributed by atoms with Gasteiger partial charge in [0, 0.05) is 13.6 Å². The van der Waals surface area contributed by atoms with E-state index in [1.54, 1.807) is 11.9 Å². The predicted molar refractivity (Wildman–Crippen MR) is 56.1 cm³/mol. The molecule has 0 spiro atoms. The minimum atomic E-state index is -0.216. The molecule has 15 heavy (non-hydrogen) atoms. The SMILES string of the molecule is CN1CCC(Nc2ncncc2N)C1=O. The van der Waals surface area contributed by atoms with Crippen molar-refractivity contribution in [1.29, 1.82) is 0 Å². The number of nitrogens with zero attached hydrogens (tertiary/aromatic N) is 3. The Morgan fingerprint density at radius 2 is 2.47 bits per heavy atom. The van der Waals surface area contributed by atoms with Crippen LogP contribution in [-0.4, -0.2) is 40.4 Å². The van der Waals surface area contributed by atoms with Crippen molar-refractivity contribution in [2.45, 2.75) is 12.5 Å². The minimum Gasteiger partial charge on any atom is -0.394 e. The summed E-state index contributed by atoms with van der Waals surface area (Å²) < 4.78 is 0. The third kappa shape index (κ3) is 1.83. The molecule has 0 bridgehead atoms. The normalized spacial score (nSPS) is 20.7. The molecule has 0 aromatic carbocycles. The number of nitrogens with two attached hydrogens (primary N) is 1. The highest BCUT2D eigenvalue weighted by molar-refractivity contribution is 5.86. The van der Waals surface area contributed by atoms with Gasteiger partial charge in [0.1, 0.15) is 12.4 Å². The molecular formula is C9H13N5O. The molecule has 1 aromatic rings. The van der Waals surface area contributed by atoms with Gasteiger partial charge >= 0.3 is 0 Å². The lowest BCUT2D eigenvalue weighted by Gasteiger charge is -2.13. The van der Waals surface area contributed by atoms with Crippen molar-refractivity contribution in [1.82, 2.24) is 14.9 Å². The van der Waals surface area contributed by atoms with Gasteiger partial charge in [0.2, 0.25) is 5.91 Å². The average Bonchev–Trinajstić information content (AvgIpc) is 2.53. The van der Waals surface area contributed by atoms with E-state index in [1.165, 1.54) is 12.5 Å². The molecule has 1 saturated heterocycles. The number of likely N-dealkylation sites (N-methyl/N-ethyl adjacent to an activating group) is 1.